The number of benzene rings is 1. The Hall–Kier alpha value is -1.18. The Morgan fingerprint density at radius 1 is 1.30 bits per heavy atom. The number of thiazole rings is 1. The maximum absolute atomic E-state index is 12.2. The van der Waals surface area contributed by atoms with E-state index in [2.05, 4.69) is 15.2 Å². The molecule has 0 aliphatic carbocycles. The van der Waals surface area contributed by atoms with Gasteiger partial charge in [0.25, 0.3) is 5.91 Å². The molecule has 1 aliphatic heterocycles. The third-order valence-electron chi connectivity index (χ3n) is 3.42. The number of amides is 1. The molecule has 0 unspecified atom stereocenters. The summed E-state index contributed by atoms with van der Waals surface area (Å²) in [4.78, 5) is 18.9. The lowest BCUT2D eigenvalue weighted by Crippen LogP contribution is -2.35. The highest BCUT2D eigenvalue weighted by molar-refractivity contribution is 7.09. The highest BCUT2D eigenvalue weighted by Crippen LogP contribution is 2.25. The van der Waals surface area contributed by atoms with Crippen LogP contribution in [0.1, 0.15) is 15.5 Å². The third-order valence-corrected chi connectivity index (χ3v) is 5.00. The zero-order valence-electron chi connectivity index (χ0n) is 12.2. The van der Waals surface area contributed by atoms with Crippen LogP contribution in [0.2, 0.25) is 10.0 Å². The van der Waals surface area contributed by atoms with Gasteiger partial charge >= 0.3 is 0 Å². The predicted molar refractivity (Wildman–Crippen MR) is 92.6 cm³/mol. The first kappa shape index (κ1) is 16.7. The van der Waals surface area contributed by atoms with Crippen LogP contribution in [0, 0.1) is 0 Å². The second kappa shape index (κ2) is 7.59. The predicted octanol–water partition coefficient (Wildman–Crippen LogP) is 3.53. The Morgan fingerprint density at radius 2 is 2.09 bits per heavy atom. The number of rotatable bonds is 4. The van der Waals surface area contributed by atoms with Crippen LogP contribution in [0.15, 0.2) is 23.6 Å². The zero-order chi connectivity index (χ0) is 16.2. The molecule has 0 atom stereocenters. The minimum atomic E-state index is -0.257. The van der Waals surface area contributed by atoms with Crippen molar-refractivity contribution in [2.45, 2.75) is 6.54 Å². The van der Waals surface area contributed by atoms with Crippen LogP contribution >= 0.6 is 34.5 Å². The van der Waals surface area contributed by atoms with Gasteiger partial charge in [0.1, 0.15) is 10.7 Å². The van der Waals surface area contributed by atoms with Gasteiger partial charge in [-0.2, -0.15) is 0 Å². The van der Waals surface area contributed by atoms with Crippen molar-refractivity contribution >= 4 is 46.1 Å². The minimum Gasteiger partial charge on any atom is -0.379 e. The summed E-state index contributed by atoms with van der Waals surface area (Å²) in [5, 5.41) is 6.31. The third kappa shape index (κ3) is 4.43. The first-order valence-corrected chi connectivity index (χ1v) is 8.76. The Balaban J connectivity index is 1.62. The van der Waals surface area contributed by atoms with Crippen molar-refractivity contribution in [3.63, 3.8) is 0 Å². The zero-order valence-corrected chi connectivity index (χ0v) is 14.5. The van der Waals surface area contributed by atoms with Crippen molar-refractivity contribution in [3.8, 4) is 0 Å². The lowest BCUT2D eigenvalue weighted by Gasteiger charge is -2.25. The van der Waals surface area contributed by atoms with E-state index in [0.29, 0.717) is 21.4 Å². The highest BCUT2D eigenvalue weighted by Gasteiger charge is 2.15. The first-order valence-electron chi connectivity index (χ1n) is 7.13. The molecule has 1 aliphatic rings. The molecule has 0 spiro atoms. The van der Waals surface area contributed by atoms with Crippen LogP contribution in [0.25, 0.3) is 0 Å². The summed E-state index contributed by atoms with van der Waals surface area (Å²) < 4.78 is 5.32. The number of hydrogen-bond donors (Lipinski definition) is 1. The van der Waals surface area contributed by atoms with E-state index in [1.165, 1.54) is 11.3 Å². The molecule has 1 saturated heterocycles. The van der Waals surface area contributed by atoms with Gasteiger partial charge in [0.2, 0.25) is 0 Å². The molecule has 2 aromatic rings. The topological polar surface area (TPSA) is 54.5 Å². The van der Waals surface area contributed by atoms with Crippen LogP contribution in [0.5, 0.6) is 0 Å². The summed E-state index contributed by atoms with van der Waals surface area (Å²) in [7, 11) is 0. The summed E-state index contributed by atoms with van der Waals surface area (Å²) >= 11 is 13.3. The van der Waals surface area contributed by atoms with E-state index >= 15 is 0 Å². The van der Waals surface area contributed by atoms with Gasteiger partial charge in [-0.05, 0) is 18.2 Å². The van der Waals surface area contributed by atoms with Crippen LogP contribution in [0.4, 0.5) is 5.69 Å². The molecule has 0 radical (unpaired) electrons. The molecule has 1 N–H and O–H groups in total. The van der Waals surface area contributed by atoms with Crippen LogP contribution < -0.4 is 5.32 Å². The van der Waals surface area contributed by atoms with Gasteiger partial charge in [-0.15, -0.1) is 11.3 Å². The highest BCUT2D eigenvalue weighted by atomic mass is 35.5. The number of aromatic nitrogens is 1. The number of carbonyl (C=O) groups is 1. The van der Waals surface area contributed by atoms with Crippen molar-refractivity contribution in [3.05, 3.63) is 44.3 Å². The summed E-state index contributed by atoms with van der Waals surface area (Å²) in [6, 6.07) is 4.96. The standard InChI is InChI=1S/C15H15Cl2N3O2S/c16-11-2-1-10(7-12(11)17)18-15(21)13-9-23-14(19-13)8-20-3-5-22-6-4-20/h1-2,7,9H,3-6,8H2,(H,18,21). The lowest BCUT2D eigenvalue weighted by atomic mass is 10.3. The fourth-order valence-electron chi connectivity index (χ4n) is 2.21. The maximum Gasteiger partial charge on any atom is 0.275 e. The smallest absolute Gasteiger partial charge is 0.275 e. The van der Waals surface area contributed by atoms with Crippen molar-refractivity contribution in [2.24, 2.45) is 0 Å². The maximum atomic E-state index is 12.2. The summed E-state index contributed by atoms with van der Waals surface area (Å²) in [6.07, 6.45) is 0. The van der Waals surface area contributed by atoms with E-state index in [4.69, 9.17) is 27.9 Å². The average molecular weight is 372 g/mol. The molecule has 1 amide bonds. The number of carbonyl (C=O) groups excluding carboxylic acids is 1. The Bertz CT molecular complexity index is 702. The lowest BCUT2D eigenvalue weighted by molar-refractivity contribution is 0.0341. The van der Waals surface area contributed by atoms with Crippen molar-refractivity contribution in [1.82, 2.24) is 9.88 Å². The molecule has 8 heteroatoms. The monoisotopic (exact) mass is 371 g/mol. The van der Waals surface area contributed by atoms with Crippen molar-refractivity contribution in [2.75, 3.05) is 31.6 Å². The molecular formula is C15H15Cl2N3O2S. The second-order valence-electron chi connectivity index (χ2n) is 5.10. The van der Waals surface area contributed by atoms with Crippen molar-refractivity contribution in [1.29, 1.82) is 0 Å². The van der Waals surface area contributed by atoms with E-state index < -0.39 is 0 Å². The molecular weight excluding hydrogens is 357 g/mol. The van der Waals surface area contributed by atoms with Gasteiger partial charge < -0.3 is 10.1 Å². The van der Waals surface area contributed by atoms with Crippen LogP contribution in [0.3, 0.4) is 0 Å². The normalized spacial score (nSPS) is 15.6. The number of ether oxygens (including phenoxy) is 1. The molecule has 1 aromatic carbocycles. The molecule has 3 rings (SSSR count). The first-order chi connectivity index (χ1) is 11.1. The van der Waals surface area contributed by atoms with Crippen LogP contribution in [-0.2, 0) is 11.3 Å². The van der Waals surface area contributed by atoms with Gasteiger partial charge in [-0.25, -0.2) is 4.98 Å². The van der Waals surface area contributed by atoms with E-state index in [9.17, 15) is 4.79 Å². The van der Waals surface area contributed by atoms with E-state index in [-0.39, 0.29) is 5.91 Å². The van der Waals surface area contributed by atoms with Gasteiger partial charge in [-0.3, -0.25) is 9.69 Å². The molecule has 0 bridgehead atoms. The van der Waals surface area contributed by atoms with E-state index in [0.717, 1.165) is 37.9 Å². The van der Waals surface area contributed by atoms with Crippen molar-refractivity contribution < 1.29 is 9.53 Å². The van der Waals surface area contributed by atoms with Gasteiger partial charge in [0, 0.05) is 24.2 Å². The summed E-state index contributed by atoms with van der Waals surface area (Å²) in [5.74, 6) is -0.257. The molecule has 0 saturated carbocycles. The van der Waals surface area contributed by atoms with Gasteiger partial charge in [-0.1, -0.05) is 23.2 Å². The SMILES string of the molecule is O=C(Nc1ccc(Cl)c(Cl)c1)c1csc(CN2CCOCC2)n1. The Kier molecular flexibility index (Phi) is 5.50. The molecule has 1 fully saturated rings. The average Bonchev–Trinajstić information content (AvgIpc) is 3.00. The van der Waals surface area contributed by atoms with E-state index in [1.54, 1.807) is 23.6 Å². The molecule has 2 heterocycles. The number of halogens is 2. The molecule has 5 nitrogen and oxygen atoms in total. The molecule has 122 valence electrons. The molecule has 23 heavy (non-hydrogen) atoms. The fraction of sp³-hybridized carbons (Fsp3) is 0.333. The summed E-state index contributed by atoms with van der Waals surface area (Å²) in [5.41, 5.74) is 0.997. The van der Waals surface area contributed by atoms with Crippen LogP contribution in [-0.4, -0.2) is 42.1 Å². The van der Waals surface area contributed by atoms with Gasteiger partial charge in [0.15, 0.2) is 0 Å². The number of nitrogens with zero attached hydrogens (tertiary/aromatic N) is 2. The quantitative estimate of drug-likeness (QED) is 0.892. The van der Waals surface area contributed by atoms with Gasteiger partial charge in [0.05, 0.1) is 29.8 Å². The number of hydrogen-bond acceptors (Lipinski definition) is 5. The summed E-state index contributed by atoms with van der Waals surface area (Å²) in [6.45, 7) is 4.02. The largest absolute Gasteiger partial charge is 0.379 e. The second-order valence-corrected chi connectivity index (χ2v) is 6.86. The number of morpholine rings is 1. The minimum absolute atomic E-state index is 0.257. The Labute approximate surface area is 148 Å². The Morgan fingerprint density at radius 3 is 2.83 bits per heavy atom. The number of nitrogens with one attached hydrogen (secondary N) is 1. The molecule has 1 aromatic heterocycles. The fourth-order valence-corrected chi connectivity index (χ4v) is 3.32. The number of anilines is 1. The van der Waals surface area contributed by atoms with E-state index in [1.807, 2.05) is 0 Å².